The van der Waals surface area contributed by atoms with Crippen LogP contribution in [-0.4, -0.2) is 49.4 Å². The zero-order valence-electron chi connectivity index (χ0n) is 15.0. The molecule has 0 aliphatic carbocycles. The summed E-state index contributed by atoms with van der Waals surface area (Å²) in [7, 11) is 1.92. The van der Waals surface area contributed by atoms with Crippen LogP contribution in [0, 0.1) is 5.92 Å². The SMILES string of the molecule is CCc1ccccc1N1CC(C(=O)N2CCCC2CNC)CC1=O.Cl. The number of likely N-dealkylation sites (N-methyl/N-ethyl adjacent to an activating group) is 1. The van der Waals surface area contributed by atoms with Gasteiger partial charge in [-0.25, -0.2) is 0 Å². The Bertz CT molecular complexity index is 622. The second-order valence-corrected chi connectivity index (χ2v) is 6.77. The summed E-state index contributed by atoms with van der Waals surface area (Å²) in [5.41, 5.74) is 2.13. The molecule has 25 heavy (non-hydrogen) atoms. The normalized spacial score (nSPS) is 23.0. The van der Waals surface area contributed by atoms with Crippen molar-refractivity contribution in [1.29, 1.82) is 0 Å². The number of hydrogen-bond acceptors (Lipinski definition) is 3. The van der Waals surface area contributed by atoms with E-state index in [0.717, 1.165) is 43.6 Å². The third-order valence-corrected chi connectivity index (χ3v) is 5.24. The highest BCUT2D eigenvalue weighted by Gasteiger charge is 2.40. The predicted molar refractivity (Wildman–Crippen MR) is 102 cm³/mol. The number of likely N-dealkylation sites (tertiary alicyclic amines) is 1. The average Bonchev–Trinajstić information content (AvgIpc) is 3.21. The number of rotatable bonds is 5. The molecule has 1 aromatic carbocycles. The number of aryl methyl sites for hydroxylation is 1. The molecule has 5 nitrogen and oxygen atoms in total. The molecular formula is C19H28ClN3O2. The zero-order chi connectivity index (χ0) is 17.1. The van der Waals surface area contributed by atoms with E-state index in [4.69, 9.17) is 0 Å². The molecule has 2 amide bonds. The summed E-state index contributed by atoms with van der Waals surface area (Å²) in [5.74, 6) is 0.0102. The molecule has 3 rings (SSSR count). The molecule has 2 aliphatic rings. The Morgan fingerprint density at radius 3 is 2.80 bits per heavy atom. The largest absolute Gasteiger partial charge is 0.338 e. The zero-order valence-corrected chi connectivity index (χ0v) is 15.8. The van der Waals surface area contributed by atoms with Gasteiger partial charge in [0.15, 0.2) is 0 Å². The van der Waals surface area contributed by atoms with Gasteiger partial charge in [-0.15, -0.1) is 12.4 Å². The van der Waals surface area contributed by atoms with Crippen LogP contribution >= 0.6 is 12.4 Å². The molecule has 138 valence electrons. The number of benzene rings is 1. The summed E-state index contributed by atoms with van der Waals surface area (Å²) in [6, 6.07) is 8.28. The molecule has 1 aromatic rings. The number of para-hydroxylation sites is 1. The fourth-order valence-electron chi connectivity index (χ4n) is 3.99. The molecule has 0 aromatic heterocycles. The van der Waals surface area contributed by atoms with Crippen LogP contribution in [0.2, 0.25) is 0 Å². The standard InChI is InChI=1S/C19H27N3O2.ClH/c1-3-14-7-4-5-9-17(14)22-13-15(11-18(22)23)19(24)21-10-6-8-16(21)12-20-2;/h4-5,7,9,15-16,20H,3,6,8,10-13H2,1-2H3;1H. The Morgan fingerprint density at radius 1 is 1.32 bits per heavy atom. The van der Waals surface area contributed by atoms with Crippen LogP contribution < -0.4 is 10.2 Å². The van der Waals surface area contributed by atoms with Gasteiger partial charge in [0.1, 0.15) is 0 Å². The van der Waals surface area contributed by atoms with E-state index in [0.29, 0.717) is 13.0 Å². The number of nitrogens with zero attached hydrogens (tertiary/aromatic N) is 2. The molecule has 1 N–H and O–H groups in total. The van der Waals surface area contributed by atoms with Crippen molar-refractivity contribution in [2.75, 3.05) is 31.6 Å². The number of anilines is 1. The van der Waals surface area contributed by atoms with E-state index in [1.54, 1.807) is 0 Å². The monoisotopic (exact) mass is 365 g/mol. The number of amides is 2. The predicted octanol–water partition coefficient (Wildman–Crippen LogP) is 2.23. The summed E-state index contributed by atoms with van der Waals surface area (Å²) in [6.07, 6.45) is 3.32. The van der Waals surface area contributed by atoms with E-state index >= 15 is 0 Å². The molecule has 2 heterocycles. The summed E-state index contributed by atoms with van der Waals surface area (Å²) < 4.78 is 0. The number of nitrogens with one attached hydrogen (secondary N) is 1. The Kier molecular flexibility index (Phi) is 6.85. The van der Waals surface area contributed by atoms with Gasteiger partial charge in [0.25, 0.3) is 0 Å². The second kappa shape index (κ2) is 8.68. The van der Waals surface area contributed by atoms with Gasteiger partial charge in [-0.05, 0) is 37.9 Å². The van der Waals surface area contributed by atoms with Crippen LogP contribution in [0.15, 0.2) is 24.3 Å². The topological polar surface area (TPSA) is 52.7 Å². The van der Waals surface area contributed by atoms with E-state index in [1.807, 2.05) is 35.0 Å². The Labute approximate surface area is 156 Å². The van der Waals surface area contributed by atoms with E-state index < -0.39 is 0 Å². The maximum Gasteiger partial charge on any atom is 0.228 e. The Morgan fingerprint density at radius 2 is 2.08 bits per heavy atom. The first kappa shape index (κ1) is 19.7. The first-order chi connectivity index (χ1) is 11.7. The highest BCUT2D eigenvalue weighted by atomic mass is 35.5. The van der Waals surface area contributed by atoms with Crippen molar-refractivity contribution in [3.63, 3.8) is 0 Å². The Balaban J connectivity index is 0.00000225. The lowest BCUT2D eigenvalue weighted by atomic mass is 10.1. The molecule has 0 bridgehead atoms. The lowest BCUT2D eigenvalue weighted by Gasteiger charge is -2.27. The number of halogens is 1. The fraction of sp³-hybridized carbons (Fsp3) is 0.579. The van der Waals surface area contributed by atoms with E-state index in [9.17, 15) is 9.59 Å². The van der Waals surface area contributed by atoms with Crippen LogP contribution in [0.25, 0.3) is 0 Å². The molecule has 2 unspecified atom stereocenters. The van der Waals surface area contributed by atoms with Crippen LogP contribution in [0.5, 0.6) is 0 Å². The Hall–Kier alpha value is -1.59. The molecule has 2 fully saturated rings. The molecule has 0 radical (unpaired) electrons. The van der Waals surface area contributed by atoms with Crippen LogP contribution in [-0.2, 0) is 16.0 Å². The maximum atomic E-state index is 12.9. The highest BCUT2D eigenvalue weighted by Crippen LogP contribution is 2.30. The van der Waals surface area contributed by atoms with Crippen molar-refractivity contribution in [3.8, 4) is 0 Å². The van der Waals surface area contributed by atoms with Gasteiger partial charge in [-0.1, -0.05) is 25.1 Å². The minimum absolute atomic E-state index is 0. The minimum Gasteiger partial charge on any atom is -0.338 e. The number of carbonyl (C=O) groups excluding carboxylic acids is 2. The van der Waals surface area contributed by atoms with Crippen molar-refractivity contribution >= 4 is 29.9 Å². The fourth-order valence-corrected chi connectivity index (χ4v) is 3.99. The van der Waals surface area contributed by atoms with E-state index in [1.165, 1.54) is 0 Å². The molecule has 2 atom stereocenters. The summed E-state index contributed by atoms with van der Waals surface area (Å²) in [4.78, 5) is 29.3. The van der Waals surface area contributed by atoms with Gasteiger partial charge in [0.2, 0.25) is 11.8 Å². The summed E-state index contributed by atoms with van der Waals surface area (Å²) in [5, 5.41) is 3.17. The summed E-state index contributed by atoms with van der Waals surface area (Å²) >= 11 is 0. The van der Waals surface area contributed by atoms with E-state index in [-0.39, 0.29) is 36.2 Å². The molecule has 6 heteroatoms. The van der Waals surface area contributed by atoms with Gasteiger partial charge in [0.05, 0.1) is 5.92 Å². The van der Waals surface area contributed by atoms with Gasteiger partial charge < -0.3 is 15.1 Å². The molecular weight excluding hydrogens is 338 g/mol. The van der Waals surface area contributed by atoms with Gasteiger partial charge in [0, 0.05) is 37.8 Å². The van der Waals surface area contributed by atoms with Crippen LogP contribution in [0.3, 0.4) is 0 Å². The lowest BCUT2D eigenvalue weighted by Crippen LogP contribution is -2.44. The van der Waals surface area contributed by atoms with Gasteiger partial charge in [-0.2, -0.15) is 0 Å². The third-order valence-electron chi connectivity index (χ3n) is 5.24. The minimum atomic E-state index is -0.208. The van der Waals surface area contributed by atoms with Crippen LogP contribution in [0.1, 0.15) is 31.7 Å². The molecule has 0 saturated carbocycles. The molecule has 2 saturated heterocycles. The summed E-state index contributed by atoms with van der Waals surface area (Å²) in [6.45, 7) is 4.25. The second-order valence-electron chi connectivity index (χ2n) is 6.77. The quantitative estimate of drug-likeness (QED) is 0.870. The van der Waals surface area contributed by atoms with Crippen LogP contribution in [0.4, 0.5) is 5.69 Å². The van der Waals surface area contributed by atoms with Crippen molar-refractivity contribution in [3.05, 3.63) is 29.8 Å². The maximum absolute atomic E-state index is 12.9. The van der Waals surface area contributed by atoms with Crippen molar-refractivity contribution in [1.82, 2.24) is 10.2 Å². The van der Waals surface area contributed by atoms with Gasteiger partial charge in [-0.3, -0.25) is 9.59 Å². The third kappa shape index (κ3) is 3.98. The first-order valence-electron chi connectivity index (χ1n) is 8.99. The van der Waals surface area contributed by atoms with Crippen molar-refractivity contribution in [2.45, 2.75) is 38.6 Å². The molecule has 0 spiro atoms. The molecule has 2 aliphatic heterocycles. The highest BCUT2D eigenvalue weighted by molar-refractivity contribution is 6.00. The van der Waals surface area contributed by atoms with E-state index in [2.05, 4.69) is 18.3 Å². The lowest BCUT2D eigenvalue weighted by molar-refractivity contribution is -0.136. The van der Waals surface area contributed by atoms with Crippen molar-refractivity contribution in [2.24, 2.45) is 5.92 Å². The number of hydrogen-bond donors (Lipinski definition) is 1. The number of carbonyl (C=O) groups is 2. The first-order valence-corrected chi connectivity index (χ1v) is 8.99. The smallest absolute Gasteiger partial charge is 0.228 e. The van der Waals surface area contributed by atoms with Crippen molar-refractivity contribution < 1.29 is 9.59 Å². The average molecular weight is 366 g/mol. The van der Waals surface area contributed by atoms with Gasteiger partial charge >= 0.3 is 0 Å².